The van der Waals surface area contributed by atoms with Crippen LogP contribution < -0.4 is 0 Å². The van der Waals surface area contributed by atoms with Gasteiger partial charge < -0.3 is 66.3 Å². The fraction of sp³-hybridized carbons (Fsp3) is 0.424. The van der Waals surface area contributed by atoms with Crippen LogP contribution in [0.2, 0.25) is 0 Å². The molecule has 87 heavy (non-hydrogen) atoms. The Morgan fingerprint density at radius 3 is 0.770 bits per heavy atom. The molecule has 0 saturated heterocycles. The van der Waals surface area contributed by atoms with Crippen molar-refractivity contribution < 1.29 is 133 Å². The predicted octanol–water partition coefficient (Wildman–Crippen LogP) is 4.56. The van der Waals surface area contributed by atoms with Crippen LogP contribution >= 0.6 is 0 Å². The highest BCUT2D eigenvalue weighted by molar-refractivity contribution is 6.06. The maximum atomic E-state index is 13.9. The van der Waals surface area contributed by atoms with Gasteiger partial charge in [0.2, 0.25) is 0 Å². The molecule has 0 radical (unpaired) electrons. The molecule has 0 aliphatic rings. The van der Waals surface area contributed by atoms with E-state index in [0.717, 1.165) is 64.1 Å². The first-order valence-electron chi connectivity index (χ1n) is 25.9. The van der Waals surface area contributed by atoms with E-state index >= 15 is 0 Å². The Balaban J connectivity index is 2.52. The molecule has 28 heteroatoms. The van der Waals surface area contributed by atoms with E-state index in [1.165, 1.54) is 41.5 Å². The molecule has 472 valence electrons. The molecule has 0 amide bonds. The second-order valence-corrected chi connectivity index (χ2v) is 19.7. The van der Waals surface area contributed by atoms with E-state index in [4.69, 9.17) is 66.3 Å². The average Bonchev–Trinajstić information content (AvgIpc) is 1.95. The van der Waals surface area contributed by atoms with E-state index in [1.54, 1.807) is 0 Å². The lowest BCUT2D eigenvalue weighted by Crippen LogP contribution is -2.31. The van der Waals surface area contributed by atoms with Crippen LogP contribution in [0, 0.1) is 5.41 Å². The first-order valence-corrected chi connectivity index (χ1v) is 25.9. The Kier molecular flexibility index (Phi) is 29.7. The van der Waals surface area contributed by atoms with E-state index in [9.17, 15) is 67.1 Å². The fourth-order valence-electron chi connectivity index (χ4n) is 6.32. The third kappa shape index (κ3) is 27.1. The third-order valence-electron chi connectivity index (χ3n) is 10.5. The highest BCUT2D eigenvalue weighted by atomic mass is 16.6. The Morgan fingerprint density at radius 1 is 0.322 bits per heavy atom. The maximum Gasteiger partial charge on any atom is 0.339 e. The van der Waals surface area contributed by atoms with E-state index in [-0.39, 0.29) is 33.4 Å². The Hall–Kier alpha value is -10.0. The monoisotopic (exact) mass is 1220 g/mol. The van der Waals surface area contributed by atoms with Gasteiger partial charge in [0.15, 0.2) is 24.4 Å². The van der Waals surface area contributed by atoms with E-state index in [1.807, 2.05) is 0 Å². The lowest BCUT2D eigenvalue weighted by atomic mass is 9.96. The van der Waals surface area contributed by atoms with Gasteiger partial charge in [0, 0.05) is 55.4 Å². The normalized spacial score (nSPS) is 12.0. The average molecular weight is 1230 g/mol. The van der Waals surface area contributed by atoms with Gasteiger partial charge in [0.25, 0.3) is 0 Å². The molecule has 0 N–H and O–H groups in total. The minimum absolute atomic E-state index is 0.00555. The molecular weight excluding hydrogens is 1160 g/mol. The number of hydrogen-bond donors (Lipinski definition) is 0. The minimum Gasteiger partial charge on any atom is -0.461 e. The molecule has 28 nitrogen and oxygen atoms in total. The smallest absolute Gasteiger partial charge is 0.339 e. The first kappa shape index (κ1) is 73.1. The summed E-state index contributed by atoms with van der Waals surface area (Å²) in [6, 6.07) is 5.84. The number of carbonyl (C=O) groups is 14. The summed E-state index contributed by atoms with van der Waals surface area (Å²) >= 11 is 0. The standard InChI is InChI=1S/C59H68O28/c1-31(2)49(64)74-21-41(84-35(9)60)25-78-53(68)39-15-17-45(47(19-39)57(72)80-27-43(86-37(11)62)23-76-51(66)33(5)6)55(70)82-29-59(13,14)30-83-56(71)46-18-16-40(54(69)79-26-42(85-36(10)61)22-75-50(65)32(3)4)20-48(46)58(73)81-28-44(87-38(12)63)24-77-52(67)34(7)8/h15-20,41-44H,1,3,5,7,21-30H2,2,4,6,8-14H3. The van der Waals surface area contributed by atoms with Crippen molar-refractivity contribution in [3.8, 4) is 0 Å². The van der Waals surface area contributed by atoms with Gasteiger partial charge in [0.05, 0.1) is 46.6 Å². The van der Waals surface area contributed by atoms with Crippen molar-refractivity contribution in [2.75, 3.05) is 66.1 Å². The zero-order chi connectivity index (χ0) is 65.9. The van der Waals surface area contributed by atoms with Crippen LogP contribution in [-0.4, -0.2) is 174 Å². The maximum absolute atomic E-state index is 13.9. The van der Waals surface area contributed by atoms with Gasteiger partial charge in [-0.15, -0.1) is 0 Å². The largest absolute Gasteiger partial charge is 0.461 e. The lowest BCUT2D eigenvalue weighted by molar-refractivity contribution is -0.157. The molecule has 0 spiro atoms. The van der Waals surface area contributed by atoms with Crippen LogP contribution in [-0.2, 0) is 105 Å². The van der Waals surface area contributed by atoms with Crippen LogP contribution in [0.25, 0.3) is 0 Å². The Morgan fingerprint density at radius 2 is 0.540 bits per heavy atom. The number of hydrogen-bond acceptors (Lipinski definition) is 28. The summed E-state index contributed by atoms with van der Waals surface area (Å²) in [5, 5.41) is 0. The molecule has 4 unspecified atom stereocenters. The van der Waals surface area contributed by atoms with E-state index in [2.05, 4.69) is 26.3 Å². The number of benzene rings is 2. The van der Waals surface area contributed by atoms with Gasteiger partial charge in [0.1, 0.15) is 52.9 Å². The molecule has 2 aromatic rings. The molecule has 0 fully saturated rings. The molecule has 0 saturated carbocycles. The zero-order valence-electron chi connectivity index (χ0n) is 49.6. The summed E-state index contributed by atoms with van der Waals surface area (Å²) in [4.78, 5) is 178. The van der Waals surface area contributed by atoms with Crippen LogP contribution in [0.5, 0.6) is 0 Å². The summed E-state index contributed by atoms with van der Waals surface area (Å²) < 4.78 is 72.9. The van der Waals surface area contributed by atoms with Gasteiger partial charge in [-0.3, -0.25) is 19.2 Å². The van der Waals surface area contributed by atoms with Crippen molar-refractivity contribution in [3.63, 3.8) is 0 Å². The van der Waals surface area contributed by atoms with Crippen LogP contribution in [0.3, 0.4) is 0 Å². The molecular formula is C59H68O28. The summed E-state index contributed by atoms with van der Waals surface area (Å²) in [6.45, 7) is 20.0. The summed E-state index contributed by atoms with van der Waals surface area (Å²) in [6.07, 6.45) is -5.37. The Labute approximate surface area is 499 Å². The summed E-state index contributed by atoms with van der Waals surface area (Å²) in [5.41, 5.74) is -4.34. The zero-order valence-corrected chi connectivity index (χ0v) is 49.6. The molecule has 4 atom stereocenters. The number of esters is 14. The second kappa shape index (κ2) is 35.3. The topological polar surface area (TPSA) is 368 Å². The third-order valence-corrected chi connectivity index (χ3v) is 10.5. The quantitative estimate of drug-likeness (QED) is 0.0526. The van der Waals surface area contributed by atoms with Crippen molar-refractivity contribution in [1.29, 1.82) is 0 Å². The molecule has 0 aliphatic carbocycles. The first-order chi connectivity index (χ1) is 40.6. The SMILES string of the molecule is C=C(C)C(=O)OCC(COC(=O)c1ccc(C(=O)OCC(C)(C)COC(=O)c2ccc(C(=O)OCC(COC(=O)C(=C)C)OC(C)=O)cc2C(=O)OCC(COC(=O)C(=C)C)OC(C)=O)c(C(=O)OCC(COC(=O)C(=C)C)OC(C)=O)c1)OC(C)=O. The van der Waals surface area contributed by atoms with Crippen molar-refractivity contribution in [3.05, 3.63) is 118 Å². The van der Waals surface area contributed by atoms with Gasteiger partial charge in [-0.2, -0.15) is 0 Å². The van der Waals surface area contributed by atoms with Gasteiger partial charge in [-0.05, 0) is 64.1 Å². The molecule has 0 heterocycles. The lowest BCUT2D eigenvalue weighted by Gasteiger charge is -2.24. The van der Waals surface area contributed by atoms with Crippen molar-refractivity contribution >= 4 is 83.6 Å². The van der Waals surface area contributed by atoms with Gasteiger partial charge in [-0.25, -0.2) is 47.9 Å². The molecule has 0 aromatic heterocycles. The predicted molar refractivity (Wildman–Crippen MR) is 294 cm³/mol. The number of ether oxygens (including phenoxy) is 14. The van der Waals surface area contributed by atoms with E-state index in [0.29, 0.717) is 0 Å². The number of rotatable bonds is 34. The van der Waals surface area contributed by atoms with Crippen molar-refractivity contribution in [1.82, 2.24) is 0 Å². The second-order valence-electron chi connectivity index (χ2n) is 19.7. The van der Waals surface area contributed by atoms with E-state index < -0.39 is 202 Å². The molecule has 0 aliphatic heterocycles. The fourth-order valence-corrected chi connectivity index (χ4v) is 6.32. The highest BCUT2D eigenvalue weighted by Gasteiger charge is 2.31. The number of carbonyl (C=O) groups excluding carboxylic acids is 14. The molecule has 2 rings (SSSR count). The molecule has 2 aromatic carbocycles. The van der Waals surface area contributed by atoms with Crippen molar-refractivity contribution in [2.24, 2.45) is 5.41 Å². The summed E-state index contributed by atoms with van der Waals surface area (Å²) in [7, 11) is 0. The summed E-state index contributed by atoms with van der Waals surface area (Å²) in [5.74, 6) is -14.1. The Bertz CT molecular complexity index is 2820. The highest BCUT2D eigenvalue weighted by Crippen LogP contribution is 2.24. The van der Waals surface area contributed by atoms with Crippen LogP contribution in [0.15, 0.2) is 85.0 Å². The van der Waals surface area contributed by atoms with Gasteiger partial charge in [-0.1, -0.05) is 40.2 Å². The van der Waals surface area contributed by atoms with Crippen LogP contribution in [0.1, 0.15) is 131 Å². The molecule has 0 bridgehead atoms. The van der Waals surface area contributed by atoms with Crippen LogP contribution in [0.4, 0.5) is 0 Å². The van der Waals surface area contributed by atoms with Crippen molar-refractivity contribution in [2.45, 2.75) is 93.7 Å². The van der Waals surface area contributed by atoms with Gasteiger partial charge >= 0.3 is 83.6 Å². The minimum atomic E-state index is -1.38.